The molecule has 0 amide bonds. The summed E-state index contributed by atoms with van der Waals surface area (Å²) in [6.45, 7) is 4.68. The van der Waals surface area contributed by atoms with E-state index in [1.165, 1.54) is 11.1 Å². The van der Waals surface area contributed by atoms with Crippen LogP contribution in [-0.4, -0.2) is 16.1 Å². The molecule has 0 bridgehead atoms. The number of hydrogen-bond acceptors (Lipinski definition) is 2. The number of rotatable bonds is 5. The van der Waals surface area contributed by atoms with Gasteiger partial charge < -0.3 is 9.88 Å². The van der Waals surface area contributed by atoms with Crippen molar-refractivity contribution in [3.05, 3.63) is 64.9 Å². The molecule has 1 heterocycles. The monoisotopic (exact) mass is 299 g/mol. The number of nitrogens with zero attached hydrogens (tertiary/aromatic N) is 2. The van der Waals surface area contributed by atoms with Crippen LogP contribution in [0.1, 0.15) is 11.4 Å². The molecule has 1 aromatic heterocycles. The fourth-order valence-corrected chi connectivity index (χ4v) is 2.76. The average Bonchev–Trinajstić information content (AvgIpc) is 2.79. The largest absolute Gasteiger partial charge is 0.327 e. The predicted octanol–water partition coefficient (Wildman–Crippen LogP) is 3.79. The zero-order valence-electron chi connectivity index (χ0n) is 12.0. The van der Waals surface area contributed by atoms with E-state index in [-0.39, 0.29) is 0 Å². The minimum atomic E-state index is 0.783. The number of aromatic nitrogens is 2. The molecule has 4 heteroatoms. The summed E-state index contributed by atoms with van der Waals surface area (Å²) in [4.78, 5) is 4.58. The minimum Gasteiger partial charge on any atom is -0.327 e. The molecule has 0 radical (unpaired) electrons. The fraction of sp³-hybridized carbons (Fsp3) is 0.235. The summed E-state index contributed by atoms with van der Waals surface area (Å²) in [7, 11) is 0. The standard InChI is InChI=1S/C17H18ClN3/c1-13-20-16-7-2-3-8-17(16)21(13)10-9-19-12-14-5-4-6-15(18)11-14/h2-8,11,19H,9-10,12H2,1H3. The second-order valence-corrected chi connectivity index (χ2v) is 5.54. The van der Waals surface area contributed by atoms with Crippen molar-refractivity contribution < 1.29 is 0 Å². The molecule has 0 saturated carbocycles. The van der Waals surface area contributed by atoms with Gasteiger partial charge >= 0.3 is 0 Å². The number of aryl methyl sites for hydroxylation is 1. The molecule has 0 saturated heterocycles. The third kappa shape index (κ3) is 3.26. The maximum atomic E-state index is 5.98. The average molecular weight is 300 g/mol. The van der Waals surface area contributed by atoms with Crippen molar-refractivity contribution in [1.29, 1.82) is 0 Å². The minimum absolute atomic E-state index is 0.783. The SMILES string of the molecule is Cc1nc2ccccc2n1CCNCc1cccc(Cl)c1. The molecule has 0 atom stereocenters. The van der Waals surface area contributed by atoms with Gasteiger partial charge in [-0.15, -0.1) is 0 Å². The Hall–Kier alpha value is -1.84. The molecule has 0 aliphatic heterocycles. The molecule has 0 unspecified atom stereocenters. The zero-order valence-corrected chi connectivity index (χ0v) is 12.8. The van der Waals surface area contributed by atoms with Crippen LogP contribution >= 0.6 is 11.6 Å². The van der Waals surface area contributed by atoms with E-state index in [0.717, 1.165) is 36.0 Å². The quantitative estimate of drug-likeness (QED) is 0.727. The maximum Gasteiger partial charge on any atom is 0.106 e. The van der Waals surface area contributed by atoms with Gasteiger partial charge in [-0.1, -0.05) is 35.9 Å². The third-order valence-electron chi connectivity index (χ3n) is 3.58. The van der Waals surface area contributed by atoms with Crippen molar-refractivity contribution in [1.82, 2.24) is 14.9 Å². The lowest BCUT2D eigenvalue weighted by molar-refractivity contribution is 0.597. The number of benzene rings is 2. The zero-order chi connectivity index (χ0) is 14.7. The van der Waals surface area contributed by atoms with Crippen molar-refractivity contribution in [2.75, 3.05) is 6.54 Å². The van der Waals surface area contributed by atoms with Crippen molar-refractivity contribution in [2.45, 2.75) is 20.0 Å². The van der Waals surface area contributed by atoms with E-state index >= 15 is 0 Å². The predicted molar refractivity (Wildman–Crippen MR) is 87.6 cm³/mol. The van der Waals surface area contributed by atoms with Crippen LogP contribution in [0.3, 0.4) is 0 Å². The van der Waals surface area contributed by atoms with Gasteiger partial charge in [0.2, 0.25) is 0 Å². The van der Waals surface area contributed by atoms with E-state index in [9.17, 15) is 0 Å². The molecule has 0 aliphatic rings. The number of imidazole rings is 1. The molecular formula is C17H18ClN3. The Labute approximate surface area is 129 Å². The summed E-state index contributed by atoms with van der Waals surface area (Å²) in [5, 5.41) is 4.23. The molecule has 0 spiro atoms. The maximum absolute atomic E-state index is 5.98. The molecule has 1 N–H and O–H groups in total. The van der Waals surface area contributed by atoms with Crippen molar-refractivity contribution in [3.8, 4) is 0 Å². The van der Waals surface area contributed by atoms with Crippen LogP contribution in [-0.2, 0) is 13.1 Å². The van der Waals surface area contributed by atoms with Crippen molar-refractivity contribution in [2.24, 2.45) is 0 Å². The van der Waals surface area contributed by atoms with E-state index in [4.69, 9.17) is 11.6 Å². The Kier molecular flexibility index (Phi) is 4.23. The number of fused-ring (bicyclic) bond motifs is 1. The lowest BCUT2D eigenvalue weighted by Crippen LogP contribution is -2.20. The van der Waals surface area contributed by atoms with Gasteiger partial charge in [-0.3, -0.25) is 0 Å². The van der Waals surface area contributed by atoms with Gasteiger partial charge in [0.1, 0.15) is 5.82 Å². The topological polar surface area (TPSA) is 29.9 Å². The van der Waals surface area contributed by atoms with Crippen LogP contribution in [0.4, 0.5) is 0 Å². The van der Waals surface area contributed by atoms with Crippen molar-refractivity contribution >= 4 is 22.6 Å². The van der Waals surface area contributed by atoms with Gasteiger partial charge in [-0.05, 0) is 36.8 Å². The van der Waals surface area contributed by atoms with Gasteiger partial charge in [-0.2, -0.15) is 0 Å². The first-order valence-corrected chi connectivity index (χ1v) is 7.49. The summed E-state index contributed by atoms with van der Waals surface area (Å²) >= 11 is 5.98. The third-order valence-corrected chi connectivity index (χ3v) is 3.81. The second kappa shape index (κ2) is 6.29. The molecule has 3 nitrogen and oxygen atoms in total. The first kappa shape index (κ1) is 14.1. The molecule has 3 aromatic rings. The molecule has 0 aliphatic carbocycles. The summed E-state index contributed by atoms with van der Waals surface area (Å²) in [5.74, 6) is 1.06. The number of halogens is 1. The Morgan fingerprint density at radius 3 is 2.86 bits per heavy atom. The van der Waals surface area contributed by atoms with E-state index in [0.29, 0.717) is 0 Å². The number of para-hydroxylation sites is 2. The van der Waals surface area contributed by atoms with Crippen LogP contribution in [0.5, 0.6) is 0 Å². The van der Waals surface area contributed by atoms with E-state index in [2.05, 4.69) is 46.1 Å². The molecule has 2 aromatic carbocycles. The molecular weight excluding hydrogens is 282 g/mol. The van der Waals surface area contributed by atoms with Crippen LogP contribution in [0.25, 0.3) is 11.0 Å². The van der Waals surface area contributed by atoms with Gasteiger partial charge in [0.25, 0.3) is 0 Å². The molecule has 21 heavy (non-hydrogen) atoms. The highest BCUT2D eigenvalue weighted by atomic mass is 35.5. The first-order chi connectivity index (χ1) is 10.2. The number of hydrogen-bond donors (Lipinski definition) is 1. The fourth-order valence-electron chi connectivity index (χ4n) is 2.55. The highest BCUT2D eigenvalue weighted by molar-refractivity contribution is 6.30. The lowest BCUT2D eigenvalue weighted by atomic mass is 10.2. The van der Waals surface area contributed by atoms with Gasteiger partial charge in [0.15, 0.2) is 0 Å². The van der Waals surface area contributed by atoms with E-state index < -0.39 is 0 Å². The summed E-state index contributed by atoms with van der Waals surface area (Å²) in [6.07, 6.45) is 0. The highest BCUT2D eigenvalue weighted by Crippen LogP contribution is 2.15. The molecule has 3 rings (SSSR count). The Balaban J connectivity index is 1.61. The second-order valence-electron chi connectivity index (χ2n) is 5.11. The Morgan fingerprint density at radius 1 is 1.14 bits per heavy atom. The van der Waals surface area contributed by atoms with Crippen molar-refractivity contribution in [3.63, 3.8) is 0 Å². The summed E-state index contributed by atoms with van der Waals surface area (Å²) < 4.78 is 2.25. The normalized spacial score (nSPS) is 11.1. The smallest absolute Gasteiger partial charge is 0.106 e. The van der Waals surface area contributed by atoms with Crippen LogP contribution in [0, 0.1) is 6.92 Å². The van der Waals surface area contributed by atoms with E-state index in [1.54, 1.807) is 0 Å². The lowest BCUT2D eigenvalue weighted by Gasteiger charge is -2.09. The van der Waals surface area contributed by atoms with Gasteiger partial charge in [-0.25, -0.2) is 4.98 Å². The number of nitrogens with one attached hydrogen (secondary N) is 1. The Bertz CT molecular complexity index is 749. The van der Waals surface area contributed by atoms with E-state index in [1.807, 2.05) is 24.3 Å². The van der Waals surface area contributed by atoms with Crippen LogP contribution < -0.4 is 5.32 Å². The molecule has 0 fully saturated rings. The van der Waals surface area contributed by atoms with Crippen LogP contribution in [0.15, 0.2) is 48.5 Å². The highest BCUT2D eigenvalue weighted by Gasteiger charge is 2.05. The van der Waals surface area contributed by atoms with Gasteiger partial charge in [0, 0.05) is 24.7 Å². The Morgan fingerprint density at radius 2 is 2.00 bits per heavy atom. The van der Waals surface area contributed by atoms with Crippen LogP contribution in [0.2, 0.25) is 5.02 Å². The molecule has 108 valence electrons. The summed E-state index contributed by atoms with van der Waals surface area (Å²) in [5.41, 5.74) is 3.46. The summed E-state index contributed by atoms with van der Waals surface area (Å²) in [6, 6.07) is 16.2. The van der Waals surface area contributed by atoms with Gasteiger partial charge in [0.05, 0.1) is 11.0 Å². The first-order valence-electron chi connectivity index (χ1n) is 7.11.